The molecule has 1 amide bonds. The highest BCUT2D eigenvalue weighted by molar-refractivity contribution is 6.08. The van der Waals surface area contributed by atoms with Crippen LogP contribution in [0.3, 0.4) is 0 Å². The Morgan fingerprint density at radius 3 is 2.54 bits per heavy atom. The molecule has 2 aliphatic rings. The van der Waals surface area contributed by atoms with Crippen LogP contribution in [0.1, 0.15) is 23.6 Å². The van der Waals surface area contributed by atoms with E-state index in [9.17, 15) is 9.59 Å². The van der Waals surface area contributed by atoms with E-state index in [1.165, 1.54) is 35.9 Å². The van der Waals surface area contributed by atoms with Gasteiger partial charge in [-0.2, -0.15) is 0 Å². The van der Waals surface area contributed by atoms with Gasteiger partial charge in [0.05, 0.1) is 20.3 Å². The lowest BCUT2D eigenvalue weighted by molar-refractivity contribution is -0.145. The maximum atomic E-state index is 12.5. The minimum atomic E-state index is -0.590. The summed E-state index contributed by atoms with van der Waals surface area (Å²) in [7, 11) is 2.71. The van der Waals surface area contributed by atoms with Gasteiger partial charge in [0.1, 0.15) is 6.04 Å². The van der Waals surface area contributed by atoms with Crippen molar-refractivity contribution in [1.82, 2.24) is 4.90 Å². The van der Waals surface area contributed by atoms with Crippen LogP contribution in [-0.4, -0.2) is 37.2 Å². The van der Waals surface area contributed by atoms with Crippen molar-refractivity contribution in [2.75, 3.05) is 14.2 Å². The lowest BCUT2D eigenvalue weighted by Gasteiger charge is -2.27. The van der Waals surface area contributed by atoms with Crippen molar-refractivity contribution in [2.45, 2.75) is 24.9 Å². The fraction of sp³-hybridized carbons (Fsp3) is 0.304. The van der Waals surface area contributed by atoms with E-state index >= 15 is 0 Å². The predicted molar refractivity (Wildman–Crippen MR) is 106 cm³/mol. The van der Waals surface area contributed by atoms with Gasteiger partial charge >= 0.3 is 12.1 Å². The second kappa shape index (κ2) is 6.23. The van der Waals surface area contributed by atoms with Gasteiger partial charge in [-0.3, -0.25) is 4.90 Å². The van der Waals surface area contributed by atoms with Gasteiger partial charge in [0.2, 0.25) is 0 Å². The smallest absolute Gasteiger partial charge is 0.410 e. The summed E-state index contributed by atoms with van der Waals surface area (Å²) in [6.07, 6.45) is 0.965. The normalized spacial score (nSPS) is 22.9. The molecule has 142 valence electrons. The van der Waals surface area contributed by atoms with E-state index in [2.05, 4.69) is 42.5 Å². The second-order valence-electron chi connectivity index (χ2n) is 7.62. The molecule has 3 atom stereocenters. The van der Waals surface area contributed by atoms with Crippen LogP contribution in [0, 0.1) is 5.92 Å². The molecule has 1 saturated heterocycles. The molecular weight excluding hydrogens is 354 g/mol. The van der Waals surface area contributed by atoms with Gasteiger partial charge in [-0.15, -0.1) is 0 Å². The van der Waals surface area contributed by atoms with Crippen molar-refractivity contribution >= 4 is 33.6 Å². The Kier molecular flexibility index (Phi) is 3.79. The highest BCUT2D eigenvalue weighted by Gasteiger charge is 2.52. The molecule has 0 spiro atoms. The van der Waals surface area contributed by atoms with E-state index in [1.807, 2.05) is 6.07 Å². The highest BCUT2D eigenvalue weighted by atomic mass is 16.5. The molecule has 3 aromatic rings. The Morgan fingerprint density at radius 2 is 1.75 bits per heavy atom. The van der Waals surface area contributed by atoms with Crippen LogP contribution < -0.4 is 0 Å². The molecule has 0 radical (unpaired) electrons. The molecule has 0 bridgehead atoms. The molecule has 28 heavy (non-hydrogen) atoms. The summed E-state index contributed by atoms with van der Waals surface area (Å²) in [5, 5.41) is 4.82. The van der Waals surface area contributed by atoms with Crippen LogP contribution in [0.2, 0.25) is 0 Å². The quantitative estimate of drug-likeness (QED) is 0.472. The maximum Gasteiger partial charge on any atom is 0.410 e. The number of carbonyl (C=O) groups is 2. The Balaban J connectivity index is 1.66. The molecule has 0 unspecified atom stereocenters. The fourth-order valence-electron chi connectivity index (χ4n) is 5.09. The second-order valence-corrected chi connectivity index (χ2v) is 7.62. The zero-order valence-electron chi connectivity index (χ0n) is 15.8. The van der Waals surface area contributed by atoms with Gasteiger partial charge in [0.25, 0.3) is 0 Å². The summed E-state index contributed by atoms with van der Waals surface area (Å²) < 4.78 is 9.95. The fourth-order valence-corrected chi connectivity index (χ4v) is 5.09. The number of hydrogen-bond acceptors (Lipinski definition) is 4. The van der Waals surface area contributed by atoms with E-state index in [-0.39, 0.29) is 17.9 Å². The third kappa shape index (κ3) is 2.32. The Labute approximate surface area is 162 Å². The monoisotopic (exact) mass is 375 g/mol. The first-order valence-corrected chi connectivity index (χ1v) is 9.50. The average molecular weight is 375 g/mol. The summed E-state index contributed by atoms with van der Waals surface area (Å²) in [5.74, 6) is -0.186. The molecule has 0 saturated carbocycles. The maximum absolute atomic E-state index is 12.5. The van der Waals surface area contributed by atoms with E-state index in [0.717, 1.165) is 17.4 Å². The lowest BCUT2D eigenvalue weighted by Crippen LogP contribution is -2.42. The minimum absolute atomic E-state index is 0.151. The number of amides is 1. The summed E-state index contributed by atoms with van der Waals surface area (Å²) in [5.41, 5.74) is 2.36. The van der Waals surface area contributed by atoms with Crippen LogP contribution >= 0.6 is 0 Å². The van der Waals surface area contributed by atoms with Gasteiger partial charge in [0.15, 0.2) is 0 Å². The van der Waals surface area contributed by atoms with Gasteiger partial charge in [-0.1, -0.05) is 42.5 Å². The molecular formula is C23H21NO4. The standard InChI is InChI=1S/C23H21NO4/c1-27-22(25)20-12-16-9-15-11-18-14(8-7-13-5-3-4-6-17(13)18)10-19(15)21(16)24(20)23(26)28-2/h3-8,10-11,16,20-21H,9,12H2,1-2H3/t16-,20+,21+/m1/s1. The van der Waals surface area contributed by atoms with Crippen LogP contribution in [0.15, 0.2) is 48.5 Å². The van der Waals surface area contributed by atoms with Crippen LogP contribution in [0.4, 0.5) is 4.79 Å². The topological polar surface area (TPSA) is 55.8 Å². The first-order valence-electron chi connectivity index (χ1n) is 9.50. The highest BCUT2D eigenvalue weighted by Crippen LogP contribution is 2.50. The Morgan fingerprint density at radius 1 is 0.964 bits per heavy atom. The molecule has 1 aliphatic carbocycles. The molecule has 1 heterocycles. The number of benzene rings is 3. The third-order valence-corrected chi connectivity index (χ3v) is 6.27. The number of carbonyl (C=O) groups excluding carboxylic acids is 2. The van der Waals surface area contributed by atoms with E-state index in [1.54, 1.807) is 4.90 Å². The number of rotatable bonds is 1. The molecule has 5 rings (SSSR count). The molecule has 3 aromatic carbocycles. The lowest BCUT2D eigenvalue weighted by atomic mass is 9.96. The molecule has 1 aliphatic heterocycles. The first-order chi connectivity index (χ1) is 13.6. The van der Waals surface area contributed by atoms with Gasteiger partial charge in [0, 0.05) is 0 Å². The molecule has 5 nitrogen and oxygen atoms in total. The Bertz CT molecular complexity index is 1120. The van der Waals surface area contributed by atoms with Crippen molar-refractivity contribution in [2.24, 2.45) is 5.92 Å². The molecule has 5 heteroatoms. The van der Waals surface area contributed by atoms with Crippen LogP contribution in [0.5, 0.6) is 0 Å². The number of methoxy groups -OCH3 is 2. The number of hydrogen-bond donors (Lipinski definition) is 0. The van der Waals surface area contributed by atoms with Crippen molar-refractivity contribution in [3.8, 4) is 0 Å². The summed E-state index contributed by atoms with van der Waals surface area (Å²) >= 11 is 0. The van der Waals surface area contributed by atoms with E-state index < -0.39 is 12.1 Å². The summed E-state index contributed by atoms with van der Waals surface area (Å²) in [6.45, 7) is 0. The SMILES string of the molecule is COC(=O)[C@@H]1C[C@H]2Cc3cc4c(ccc5ccccc54)cc3[C@H]2N1C(=O)OC. The summed E-state index contributed by atoms with van der Waals surface area (Å²) in [4.78, 5) is 26.4. The zero-order valence-corrected chi connectivity index (χ0v) is 15.8. The summed E-state index contributed by atoms with van der Waals surface area (Å²) in [6, 6.07) is 16.3. The molecule has 0 N–H and O–H groups in total. The average Bonchev–Trinajstić information content (AvgIpc) is 3.26. The van der Waals surface area contributed by atoms with E-state index in [0.29, 0.717) is 6.42 Å². The van der Waals surface area contributed by atoms with Crippen molar-refractivity contribution < 1.29 is 19.1 Å². The molecule has 1 fully saturated rings. The molecule has 0 aromatic heterocycles. The van der Waals surface area contributed by atoms with E-state index in [4.69, 9.17) is 9.47 Å². The number of nitrogens with zero attached hydrogens (tertiary/aromatic N) is 1. The van der Waals surface area contributed by atoms with Crippen molar-refractivity contribution in [3.05, 3.63) is 59.7 Å². The zero-order chi connectivity index (χ0) is 19.4. The number of fused-ring (bicyclic) bond motifs is 6. The number of likely N-dealkylation sites (tertiary alicyclic amines) is 1. The minimum Gasteiger partial charge on any atom is -0.467 e. The Hall–Kier alpha value is -3.08. The van der Waals surface area contributed by atoms with Crippen LogP contribution in [-0.2, 0) is 20.7 Å². The number of ether oxygens (including phenoxy) is 2. The third-order valence-electron chi connectivity index (χ3n) is 6.27. The van der Waals surface area contributed by atoms with Gasteiger partial charge < -0.3 is 9.47 Å². The largest absolute Gasteiger partial charge is 0.467 e. The number of esters is 1. The van der Waals surface area contributed by atoms with Gasteiger partial charge in [-0.25, -0.2) is 9.59 Å². The van der Waals surface area contributed by atoms with Gasteiger partial charge in [-0.05, 0) is 57.5 Å². The van der Waals surface area contributed by atoms with Crippen LogP contribution in [0.25, 0.3) is 21.5 Å². The van der Waals surface area contributed by atoms with Crippen molar-refractivity contribution in [3.63, 3.8) is 0 Å². The predicted octanol–water partition coefficient (Wildman–Crippen LogP) is 4.22. The van der Waals surface area contributed by atoms with Crippen molar-refractivity contribution in [1.29, 1.82) is 0 Å². The first kappa shape index (κ1) is 17.0.